The summed E-state index contributed by atoms with van der Waals surface area (Å²) in [6, 6.07) is 8.44. The zero-order chi connectivity index (χ0) is 20.5. The van der Waals surface area contributed by atoms with Crippen molar-refractivity contribution in [2.75, 3.05) is 13.2 Å². The number of rotatable bonds is 7. The van der Waals surface area contributed by atoms with Crippen LogP contribution in [0.3, 0.4) is 0 Å². The molecule has 1 aliphatic rings. The summed E-state index contributed by atoms with van der Waals surface area (Å²) in [5.74, 6) is 1.53. The number of hydrogen-bond acceptors (Lipinski definition) is 5. The maximum atomic E-state index is 11.9. The van der Waals surface area contributed by atoms with Crippen molar-refractivity contribution < 1.29 is 9.53 Å². The third-order valence-electron chi connectivity index (χ3n) is 5.07. The molecule has 1 fully saturated rings. The minimum atomic E-state index is -0.0573. The molecule has 1 aromatic heterocycles. The van der Waals surface area contributed by atoms with Gasteiger partial charge in [-0.05, 0) is 51.2 Å². The summed E-state index contributed by atoms with van der Waals surface area (Å²) in [4.78, 5) is 20.9. The molecule has 0 bridgehead atoms. The summed E-state index contributed by atoms with van der Waals surface area (Å²) in [5.41, 5.74) is 2.09. The van der Waals surface area contributed by atoms with Crippen molar-refractivity contribution in [3.05, 3.63) is 36.2 Å². The van der Waals surface area contributed by atoms with Gasteiger partial charge < -0.3 is 15.4 Å². The minimum Gasteiger partial charge on any atom is -0.466 e. The van der Waals surface area contributed by atoms with Crippen LogP contribution >= 0.6 is 0 Å². The Morgan fingerprint density at radius 3 is 2.79 bits per heavy atom. The first kappa shape index (κ1) is 20.8. The molecule has 0 aliphatic heterocycles. The Morgan fingerprint density at radius 2 is 2.10 bits per heavy atom. The predicted molar refractivity (Wildman–Crippen MR) is 112 cm³/mol. The number of guanidine groups is 1. The van der Waals surface area contributed by atoms with Crippen molar-refractivity contribution >= 4 is 11.9 Å². The molecule has 8 nitrogen and oxygen atoms in total. The highest BCUT2D eigenvalue weighted by atomic mass is 16.5. The molecule has 1 saturated carbocycles. The van der Waals surface area contributed by atoms with Crippen LogP contribution in [0.15, 0.2) is 35.6 Å². The fourth-order valence-corrected chi connectivity index (χ4v) is 3.58. The van der Waals surface area contributed by atoms with Gasteiger partial charge >= 0.3 is 5.97 Å². The largest absolute Gasteiger partial charge is 0.466 e. The van der Waals surface area contributed by atoms with Crippen molar-refractivity contribution in [2.24, 2.45) is 10.9 Å². The van der Waals surface area contributed by atoms with Crippen LogP contribution in [0.5, 0.6) is 0 Å². The number of carbonyl (C=O) groups excluding carboxylic acids is 1. The van der Waals surface area contributed by atoms with E-state index in [1.807, 2.05) is 19.1 Å². The summed E-state index contributed by atoms with van der Waals surface area (Å²) in [6.45, 7) is 5.72. The maximum absolute atomic E-state index is 11.9. The van der Waals surface area contributed by atoms with E-state index in [9.17, 15) is 4.79 Å². The SMILES string of the molecule is CCNC(=NCc1cccc(-c2ncn[nH]2)c1)NC1CCC(C(=O)OCC)CC1. The van der Waals surface area contributed by atoms with Gasteiger partial charge in [-0.25, -0.2) is 9.98 Å². The molecule has 0 amide bonds. The lowest BCUT2D eigenvalue weighted by Crippen LogP contribution is -2.45. The lowest BCUT2D eigenvalue weighted by Gasteiger charge is -2.29. The molecule has 0 spiro atoms. The van der Waals surface area contributed by atoms with Crippen LogP contribution in [0.25, 0.3) is 11.4 Å². The molecule has 2 aromatic rings. The summed E-state index contributed by atoms with van der Waals surface area (Å²) in [5, 5.41) is 13.6. The van der Waals surface area contributed by atoms with Gasteiger partial charge in [0.1, 0.15) is 6.33 Å². The molecule has 29 heavy (non-hydrogen) atoms. The second-order valence-corrected chi connectivity index (χ2v) is 7.17. The van der Waals surface area contributed by atoms with Gasteiger partial charge in [-0.2, -0.15) is 5.10 Å². The van der Waals surface area contributed by atoms with Gasteiger partial charge in [0.15, 0.2) is 11.8 Å². The van der Waals surface area contributed by atoms with Gasteiger partial charge in [0, 0.05) is 18.2 Å². The third-order valence-corrected chi connectivity index (χ3v) is 5.07. The minimum absolute atomic E-state index is 0.0337. The average molecular weight is 399 g/mol. The number of benzene rings is 1. The number of nitrogens with zero attached hydrogens (tertiary/aromatic N) is 3. The number of carbonyl (C=O) groups is 1. The van der Waals surface area contributed by atoms with Crippen molar-refractivity contribution in [2.45, 2.75) is 52.1 Å². The molecule has 0 atom stereocenters. The topological polar surface area (TPSA) is 104 Å². The van der Waals surface area contributed by atoms with E-state index >= 15 is 0 Å². The van der Waals surface area contributed by atoms with E-state index < -0.39 is 0 Å². The normalized spacial score (nSPS) is 19.6. The molecule has 156 valence electrons. The Hall–Kier alpha value is -2.90. The maximum Gasteiger partial charge on any atom is 0.308 e. The van der Waals surface area contributed by atoms with E-state index in [-0.39, 0.29) is 11.9 Å². The highest BCUT2D eigenvalue weighted by Crippen LogP contribution is 2.25. The fourth-order valence-electron chi connectivity index (χ4n) is 3.58. The number of H-pyrrole nitrogens is 1. The summed E-state index contributed by atoms with van der Waals surface area (Å²) in [7, 11) is 0. The zero-order valence-corrected chi connectivity index (χ0v) is 17.1. The molecule has 0 radical (unpaired) electrons. The second-order valence-electron chi connectivity index (χ2n) is 7.17. The van der Waals surface area contributed by atoms with Crippen LogP contribution in [0.2, 0.25) is 0 Å². The number of aromatic nitrogens is 3. The number of hydrogen-bond donors (Lipinski definition) is 3. The molecular formula is C21H30N6O2. The van der Waals surface area contributed by atoms with Gasteiger partial charge in [-0.1, -0.05) is 18.2 Å². The Morgan fingerprint density at radius 1 is 1.28 bits per heavy atom. The van der Waals surface area contributed by atoms with Gasteiger partial charge in [0.25, 0.3) is 0 Å². The van der Waals surface area contributed by atoms with Crippen molar-refractivity contribution in [1.82, 2.24) is 25.8 Å². The number of aromatic amines is 1. The Labute approximate surface area is 171 Å². The lowest BCUT2D eigenvalue weighted by atomic mass is 9.86. The molecule has 8 heteroatoms. The van der Waals surface area contributed by atoms with Gasteiger partial charge in [-0.15, -0.1) is 0 Å². The van der Waals surface area contributed by atoms with Crippen LogP contribution < -0.4 is 10.6 Å². The van der Waals surface area contributed by atoms with E-state index in [2.05, 4.69) is 44.9 Å². The van der Waals surface area contributed by atoms with Crippen molar-refractivity contribution in [1.29, 1.82) is 0 Å². The van der Waals surface area contributed by atoms with E-state index in [0.717, 1.165) is 55.1 Å². The summed E-state index contributed by atoms with van der Waals surface area (Å²) >= 11 is 0. The van der Waals surface area contributed by atoms with Crippen molar-refractivity contribution in [3.8, 4) is 11.4 Å². The molecule has 3 rings (SSSR count). The van der Waals surface area contributed by atoms with Crippen LogP contribution in [0.1, 0.15) is 45.1 Å². The van der Waals surface area contributed by atoms with E-state index in [4.69, 9.17) is 9.73 Å². The van der Waals surface area contributed by atoms with Crippen LogP contribution in [-0.2, 0) is 16.1 Å². The van der Waals surface area contributed by atoms with E-state index in [1.54, 1.807) is 0 Å². The number of esters is 1. The Kier molecular flexibility index (Phi) is 7.61. The standard InChI is InChI=1S/C21H30N6O2/c1-3-22-21(26-18-10-8-16(9-11-18)20(28)29-4-2)23-13-15-6-5-7-17(12-15)19-24-14-25-27-19/h5-7,12,14,16,18H,3-4,8-11,13H2,1-2H3,(H2,22,23,26)(H,24,25,27). The number of aliphatic imine (C=N–C) groups is 1. The number of ether oxygens (including phenoxy) is 1. The molecule has 1 heterocycles. The predicted octanol–water partition coefficient (Wildman–Crippen LogP) is 2.65. The molecule has 1 aromatic carbocycles. The first-order valence-corrected chi connectivity index (χ1v) is 10.4. The van der Waals surface area contributed by atoms with Crippen molar-refractivity contribution in [3.63, 3.8) is 0 Å². The molecule has 0 saturated heterocycles. The Balaban J connectivity index is 1.57. The molecule has 0 unspecified atom stereocenters. The van der Waals surface area contributed by atoms with Crippen LogP contribution in [0.4, 0.5) is 0 Å². The zero-order valence-electron chi connectivity index (χ0n) is 17.1. The first-order chi connectivity index (χ1) is 14.2. The van der Waals surface area contributed by atoms with Gasteiger partial charge in [-0.3, -0.25) is 9.89 Å². The highest BCUT2D eigenvalue weighted by Gasteiger charge is 2.27. The summed E-state index contributed by atoms with van der Waals surface area (Å²) in [6.07, 6.45) is 5.10. The smallest absolute Gasteiger partial charge is 0.308 e. The average Bonchev–Trinajstić information content (AvgIpc) is 3.28. The molecule has 3 N–H and O–H groups in total. The quantitative estimate of drug-likeness (QED) is 0.376. The second kappa shape index (κ2) is 10.6. The lowest BCUT2D eigenvalue weighted by molar-refractivity contribution is -0.149. The monoisotopic (exact) mass is 398 g/mol. The number of nitrogens with one attached hydrogen (secondary N) is 3. The fraction of sp³-hybridized carbons (Fsp3) is 0.524. The van der Waals surface area contributed by atoms with E-state index in [0.29, 0.717) is 19.2 Å². The van der Waals surface area contributed by atoms with Crippen LogP contribution in [-0.4, -0.2) is 46.3 Å². The highest BCUT2D eigenvalue weighted by molar-refractivity contribution is 5.80. The van der Waals surface area contributed by atoms with Gasteiger partial charge in [0.2, 0.25) is 0 Å². The Bertz CT molecular complexity index is 797. The van der Waals surface area contributed by atoms with E-state index in [1.165, 1.54) is 6.33 Å². The first-order valence-electron chi connectivity index (χ1n) is 10.4. The third kappa shape index (κ3) is 6.04. The van der Waals surface area contributed by atoms with Crippen LogP contribution in [0, 0.1) is 5.92 Å². The molecular weight excluding hydrogens is 368 g/mol. The van der Waals surface area contributed by atoms with Gasteiger partial charge in [0.05, 0.1) is 19.1 Å². The summed E-state index contributed by atoms with van der Waals surface area (Å²) < 4.78 is 5.15. The molecule has 1 aliphatic carbocycles.